The predicted molar refractivity (Wildman–Crippen MR) is 87.2 cm³/mol. The van der Waals surface area contributed by atoms with Gasteiger partial charge < -0.3 is 14.0 Å². The SMILES string of the molecule is COc1on(C)c(=O)c1-c1ccccc1Oc1ccccc1C. The predicted octanol–water partition coefficient (Wildman–Crippen LogP) is 3.75. The molecule has 0 saturated heterocycles. The molecule has 0 amide bonds. The molecule has 5 heteroatoms. The van der Waals surface area contributed by atoms with E-state index < -0.39 is 0 Å². The van der Waals surface area contributed by atoms with E-state index in [2.05, 4.69) is 0 Å². The standard InChI is InChI=1S/C18H17NO4/c1-12-8-4-6-10-14(12)22-15-11-7-5-9-13(15)16-17(20)19(2)23-18(16)21-3/h4-11H,1-3H3. The first-order valence-corrected chi connectivity index (χ1v) is 7.19. The van der Waals surface area contributed by atoms with E-state index in [0.29, 0.717) is 16.9 Å². The number of hydrogen-bond acceptors (Lipinski definition) is 4. The van der Waals surface area contributed by atoms with Crippen molar-refractivity contribution < 1.29 is 14.0 Å². The van der Waals surface area contributed by atoms with Crippen LogP contribution in [0.3, 0.4) is 0 Å². The lowest BCUT2D eigenvalue weighted by atomic mass is 10.1. The Hall–Kier alpha value is -2.95. The molecule has 0 aliphatic carbocycles. The average molecular weight is 311 g/mol. The number of para-hydroxylation sites is 2. The number of aryl methyl sites for hydroxylation is 2. The van der Waals surface area contributed by atoms with E-state index in [1.165, 1.54) is 7.11 Å². The molecule has 1 aromatic heterocycles. The van der Waals surface area contributed by atoms with Crippen molar-refractivity contribution in [2.45, 2.75) is 6.92 Å². The number of hydrogen-bond donors (Lipinski definition) is 0. The highest BCUT2D eigenvalue weighted by molar-refractivity contribution is 5.73. The summed E-state index contributed by atoms with van der Waals surface area (Å²) in [5, 5.41) is 0. The van der Waals surface area contributed by atoms with Crippen molar-refractivity contribution in [3.05, 3.63) is 64.4 Å². The second kappa shape index (κ2) is 6.04. The molecular weight excluding hydrogens is 294 g/mol. The lowest BCUT2D eigenvalue weighted by molar-refractivity contribution is 0.208. The Morgan fingerprint density at radius 2 is 1.65 bits per heavy atom. The number of nitrogens with zero attached hydrogens (tertiary/aromatic N) is 1. The van der Waals surface area contributed by atoms with Crippen LogP contribution in [0.4, 0.5) is 0 Å². The highest BCUT2D eigenvalue weighted by atomic mass is 16.6. The summed E-state index contributed by atoms with van der Waals surface area (Å²) in [5.41, 5.74) is 1.71. The third-order valence-electron chi connectivity index (χ3n) is 3.58. The van der Waals surface area contributed by atoms with Crippen molar-refractivity contribution in [1.29, 1.82) is 0 Å². The summed E-state index contributed by atoms with van der Waals surface area (Å²) in [7, 11) is 3.01. The molecule has 5 nitrogen and oxygen atoms in total. The minimum Gasteiger partial charge on any atom is -0.467 e. The Labute approximate surface area is 133 Å². The van der Waals surface area contributed by atoms with E-state index in [4.69, 9.17) is 14.0 Å². The first-order valence-electron chi connectivity index (χ1n) is 7.19. The molecular formula is C18H17NO4. The second-order valence-electron chi connectivity index (χ2n) is 5.12. The Morgan fingerprint density at radius 1 is 1.00 bits per heavy atom. The minimum absolute atomic E-state index is 0.165. The van der Waals surface area contributed by atoms with Crippen LogP contribution >= 0.6 is 0 Å². The highest BCUT2D eigenvalue weighted by Gasteiger charge is 2.21. The molecule has 0 spiro atoms. The molecule has 1 heterocycles. The summed E-state index contributed by atoms with van der Waals surface area (Å²) < 4.78 is 17.6. The zero-order valence-corrected chi connectivity index (χ0v) is 13.2. The number of benzene rings is 2. The van der Waals surface area contributed by atoms with Crippen LogP contribution in [-0.4, -0.2) is 11.8 Å². The van der Waals surface area contributed by atoms with Crippen LogP contribution in [0.25, 0.3) is 11.1 Å². The van der Waals surface area contributed by atoms with Crippen molar-refractivity contribution >= 4 is 0 Å². The number of rotatable bonds is 4. The van der Waals surface area contributed by atoms with Gasteiger partial charge in [-0.2, -0.15) is 4.74 Å². The quantitative estimate of drug-likeness (QED) is 0.736. The van der Waals surface area contributed by atoms with Crippen molar-refractivity contribution in [3.8, 4) is 28.6 Å². The van der Waals surface area contributed by atoms with Crippen LogP contribution < -0.4 is 15.0 Å². The van der Waals surface area contributed by atoms with Gasteiger partial charge in [0.05, 0.1) is 7.11 Å². The van der Waals surface area contributed by atoms with E-state index in [1.54, 1.807) is 7.05 Å². The number of ether oxygens (including phenoxy) is 2. The van der Waals surface area contributed by atoms with Crippen molar-refractivity contribution in [2.75, 3.05) is 7.11 Å². The maximum atomic E-state index is 12.4. The van der Waals surface area contributed by atoms with Gasteiger partial charge in [-0.3, -0.25) is 4.79 Å². The van der Waals surface area contributed by atoms with Crippen molar-refractivity contribution in [1.82, 2.24) is 4.74 Å². The molecule has 3 rings (SSSR count). The van der Waals surface area contributed by atoms with Gasteiger partial charge in [0.2, 0.25) is 0 Å². The van der Waals surface area contributed by atoms with Crippen LogP contribution in [0.2, 0.25) is 0 Å². The maximum absolute atomic E-state index is 12.4. The molecule has 0 saturated carbocycles. The van der Waals surface area contributed by atoms with Crippen LogP contribution in [-0.2, 0) is 7.05 Å². The van der Waals surface area contributed by atoms with Crippen molar-refractivity contribution in [2.24, 2.45) is 7.05 Å². The molecule has 0 atom stereocenters. The molecule has 0 fully saturated rings. The zero-order valence-electron chi connectivity index (χ0n) is 13.2. The van der Waals surface area contributed by atoms with Crippen LogP contribution in [0, 0.1) is 6.92 Å². The van der Waals surface area contributed by atoms with E-state index in [0.717, 1.165) is 16.1 Å². The monoisotopic (exact) mass is 311 g/mol. The smallest absolute Gasteiger partial charge is 0.320 e. The van der Waals surface area contributed by atoms with Gasteiger partial charge in [-0.15, -0.1) is 0 Å². The Balaban J connectivity index is 2.13. The summed E-state index contributed by atoms with van der Waals surface area (Å²) >= 11 is 0. The second-order valence-corrected chi connectivity index (χ2v) is 5.12. The summed E-state index contributed by atoms with van der Waals surface area (Å²) in [6, 6.07) is 15.0. The molecule has 0 unspecified atom stereocenters. The summed E-state index contributed by atoms with van der Waals surface area (Å²) in [6.07, 6.45) is 0. The van der Waals surface area contributed by atoms with Gasteiger partial charge in [0, 0.05) is 12.6 Å². The molecule has 23 heavy (non-hydrogen) atoms. The zero-order chi connectivity index (χ0) is 16.4. The fourth-order valence-corrected chi connectivity index (χ4v) is 2.37. The van der Waals surface area contributed by atoms with Gasteiger partial charge in [-0.05, 0) is 24.6 Å². The van der Waals surface area contributed by atoms with E-state index in [9.17, 15) is 4.79 Å². The topological polar surface area (TPSA) is 53.6 Å². The van der Waals surface area contributed by atoms with Gasteiger partial charge in [0.15, 0.2) is 0 Å². The summed E-state index contributed by atoms with van der Waals surface area (Å²) in [4.78, 5) is 12.4. The molecule has 0 aliphatic heterocycles. The van der Waals surface area contributed by atoms with E-state index >= 15 is 0 Å². The van der Waals surface area contributed by atoms with E-state index in [1.807, 2.05) is 55.5 Å². The largest absolute Gasteiger partial charge is 0.467 e. The molecule has 0 N–H and O–H groups in total. The lowest BCUT2D eigenvalue weighted by Gasteiger charge is -2.11. The molecule has 118 valence electrons. The van der Waals surface area contributed by atoms with Gasteiger partial charge in [0.25, 0.3) is 5.56 Å². The average Bonchev–Trinajstić information content (AvgIpc) is 2.85. The Bertz CT molecular complexity index is 892. The van der Waals surface area contributed by atoms with Gasteiger partial charge in [-0.1, -0.05) is 36.4 Å². The third kappa shape index (κ3) is 2.73. The molecule has 2 aromatic carbocycles. The molecule has 3 aromatic rings. The van der Waals surface area contributed by atoms with Gasteiger partial charge in [0.1, 0.15) is 17.1 Å². The normalized spacial score (nSPS) is 10.6. The van der Waals surface area contributed by atoms with Crippen molar-refractivity contribution in [3.63, 3.8) is 0 Å². The van der Waals surface area contributed by atoms with E-state index in [-0.39, 0.29) is 11.5 Å². The number of aromatic nitrogens is 1. The van der Waals surface area contributed by atoms with Gasteiger partial charge in [-0.25, -0.2) is 0 Å². The minimum atomic E-state index is -0.275. The number of methoxy groups -OCH3 is 1. The fraction of sp³-hybridized carbons (Fsp3) is 0.167. The molecule has 0 bridgehead atoms. The summed E-state index contributed by atoms with van der Waals surface area (Å²) in [6.45, 7) is 1.97. The van der Waals surface area contributed by atoms with Crippen LogP contribution in [0.5, 0.6) is 17.4 Å². The first-order chi connectivity index (χ1) is 11.1. The third-order valence-corrected chi connectivity index (χ3v) is 3.58. The maximum Gasteiger partial charge on any atom is 0.320 e. The molecule has 0 radical (unpaired) electrons. The highest BCUT2D eigenvalue weighted by Crippen LogP contribution is 2.37. The Morgan fingerprint density at radius 3 is 2.35 bits per heavy atom. The fourth-order valence-electron chi connectivity index (χ4n) is 2.37. The summed E-state index contributed by atoms with van der Waals surface area (Å²) in [5.74, 6) is 1.47. The Kier molecular flexibility index (Phi) is 3.93. The van der Waals surface area contributed by atoms with Gasteiger partial charge >= 0.3 is 5.95 Å². The van der Waals surface area contributed by atoms with Crippen LogP contribution in [0.1, 0.15) is 5.56 Å². The van der Waals surface area contributed by atoms with Crippen LogP contribution in [0.15, 0.2) is 57.8 Å². The molecule has 0 aliphatic rings. The lowest BCUT2D eigenvalue weighted by Crippen LogP contribution is -2.11. The first kappa shape index (κ1) is 15.0.